The van der Waals surface area contributed by atoms with Crippen LogP contribution in [0.4, 0.5) is 0 Å². The SMILES string of the molecule is COC(=O)C(CC(=N)N)=NCc1ccc(OC)cc1. The monoisotopic (exact) mass is 263 g/mol. The normalized spacial score (nSPS) is 10.9. The zero-order valence-electron chi connectivity index (χ0n) is 11.0. The number of ether oxygens (including phenoxy) is 2. The Labute approximate surface area is 111 Å². The van der Waals surface area contributed by atoms with Crippen LogP contribution in [0.1, 0.15) is 12.0 Å². The Bertz CT molecular complexity index is 480. The first-order valence-corrected chi connectivity index (χ1v) is 5.64. The van der Waals surface area contributed by atoms with E-state index < -0.39 is 5.97 Å². The predicted molar refractivity (Wildman–Crippen MR) is 72.7 cm³/mol. The Kier molecular flexibility index (Phi) is 5.53. The lowest BCUT2D eigenvalue weighted by atomic mass is 10.2. The van der Waals surface area contributed by atoms with Gasteiger partial charge in [-0.2, -0.15) is 0 Å². The smallest absolute Gasteiger partial charge is 0.352 e. The highest BCUT2D eigenvalue weighted by Crippen LogP contribution is 2.12. The van der Waals surface area contributed by atoms with Gasteiger partial charge in [-0.15, -0.1) is 0 Å². The molecule has 19 heavy (non-hydrogen) atoms. The Morgan fingerprint density at radius 2 is 1.95 bits per heavy atom. The predicted octanol–water partition coefficient (Wildman–Crippen LogP) is 1.14. The van der Waals surface area contributed by atoms with Crippen molar-refractivity contribution >= 4 is 17.5 Å². The van der Waals surface area contributed by atoms with Crippen LogP contribution in [0.15, 0.2) is 29.3 Å². The van der Waals surface area contributed by atoms with Crippen molar-refractivity contribution in [1.29, 1.82) is 5.41 Å². The van der Waals surface area contributed by atoms with Crippen molar-refractivity contribution < 1.29 is 14.3 Å². The molecule has 0 atom stereocenters. The summed E-state index contributed by atoms with van der Waals surface area (Å²) in [6, 6.07) is 7.33. The van der Waals surface area contributed by atoms with Gasteiger partial charge in [-0.05, 0) is 17.7 Å². The number of hydrogen-bond acceptors (Lipinski definition) is 5. The van der Waals surface area contributed by atoms with Gasteiger partial charge in [-0.3, -0.25) is 10.4 Å². The number of nitrogens with two attached hydrogens (primary N) is 1. The zero-order valence-corrected chi connectivity index (χ0v) is 11.0. The number of benzene rings is 1. The standard InChI is InChI=1S/C13H17N3O3/c1-18-10-5-3-9(4-6-10)8-16-11(7-12(14)15)13(17)19-2/h3-6H,7-8H2,1-2H3,(H3,14,15). The third kappa shape index (κ3) is 4.79. The molecule has 0 bridgehead atoms. The molecule has 0 spiro atoms. The highest BCUT2D eigenvalue weighted by molar-refractivity contribution is 6.39. The minimum Gasteiger partial charge on any atom is -0.497 e. The van der Waals surface area contributed by atoms with Crippen molar-refractivity contribution in [2.45, 2.75) is 13.0 Å². The number of nitrogens with zero attached hydrogens (tertiary/aromatic N) is 1. The van der Waals surface area contributed by atoms with Crippen LogP contribution in [0.5, 0.6) is 5.75 Å². The molecule has 0 saturated carbocycles. The number of aliphatic imine (C=N–C) groups is 1. The minimum atomic E-state index is -0.566. The van der Waals surface area contributed by atoms with E-state index >= 15 is 0 Å². The van der Waals surface area contributed by atoms with E-state index in [1.165, 1.54) is 7.11 Å². The van der Waals surface area contributed by atoms with Gasteiger partial charge in [0.2, 0.25) is 0 Å². The summed E-state index contributed by atoms with van der Waals surface area (Å²) < 4.78 is 9.64. The maximum Gasteiger partial charge on any atom is 0.352 e. The molecule has 1 aromatic rings. The molecular weight excluding hydrogens is 246 g/mol. The Balaban J connectivity index is 2.78. The van der Waals surface area contributed by atoms with Gasteiger partial charge in [0.05, 0.1) is 33.0 Å². The molecule has 0 amide bonds. The molecule has 3 N–H and O–H groups in total. The van der Waals surface area contributed by atoms with Gasteiger partial charge in [0.15, 0.2) is 0 Å². The number of amidine groups is 1. The van der Waals surface area contributed by atoms with Gasteiger partial charge in [-0.25, -0.2) is 4.79 Å². The fourth-order valence-corrected chi connectivity index (χ4v) is 1.41. The van der Waals surface area contributed by atoms with Crippen molar-refractivity contribution in [2.75, 3.05) is 14.2 Å². The Morgan fingerprint density at radius 3 is 2.42 bits per heavy atom. The fourth-order valence-electron chi connectivity index (χ4n) is 1.41. The second-order valence-corrected chi connectivity index (χ2v) is 3.80. The molecule has 0 aromatic heterocycles. The van der Waals surface area contributed by atoms with Crippen LogP contribution in [0.3, 0.4) is 0 Å². The van der Waals surface area contributed by atoms with Crippen LogP contribution in [-0.4, -0.2) is 31.7 Å². The number of carbonyl (C=O) groups excluding carboxylic acids is 1. The molecule has 0 aliphatic rings. The van der Waals surface area contributed by atoms with E-state index in [9.17, 15) is 4.79 Å². The molecule has 0 unspecified atom stereocenters. The van der Waals surface area contributed by atoms with E-state index in [0.29, 0.717) is 6.54 Å². The van der Waals surface area contributed by atoms with Crippen LogP contribution >= 0.6 is 0 Å². The van der Waals surface area contributed by atoms with Crippen LogP contribution in [0.25, 0.3) is 0 Å². The largest absolute Gasteiger partial charge is 0.497 e. The highest BCUT2D eigenvalue weighted by Gasteiger charge is 2.12. The van der Waals surface area contributed by atoms with E-state index in [0.717, 1.165) is 11.3 Å². The van der Waals surface area contributed by atoms with Crippen molar-refractivity contribution in [3.05, 3.63) is 29.8 Å². The van der Waals surface area contributed by atoms with E-state index in [4.69, 9.17) is 15.9 Å². The molecule has 0 radical (unpaired) electrons. The Morgan fingerprint density at radius 1 is 1.32 bits per heavy atom. The number of esters is 1. The van der Waals surface area contributed by atoms with E-state index in [2.05, 4.69) is 9.73 Å². The molecular formula is C13H17N3O3. The van der Waals surface area contributed by atoms with Gasteiger partial charge in [0.25, 0.3) is 0 Å². The summed E-state index contributed by atoms with van der Waals surface area (Å²) in [5.41, 5.74) is 6.34. The molecule has 0 aliphatic heterocycles. The van der Waals surface area contributed by atoms with Crippen LogP contribution in [0.2, 0.25) is 0 Å². The topological polar surface area (TPSA) is 97.8 Å². The zero-order chi connectivity index (χ0) is 14.3. The maximum absolute atomic E-state index is 11.4. The van der Waals surface area contributed by atoms with E-state index in [-0.39, 0.29) is 18.0 Å². The first-order valence-electron chi connectivity index (χ1n) is 5.64. The van der Waals surface area contributed by atoms with Crippen molar-refractivity contribution in [2.24, 2.45) is 10.7 Å². The van der Waals surface area contributed by atoms with Crippen molar-refractivity contribution in [3.8, 4) is 5.75 Å². The van der Waals surface area contributed by atoms with E-state index in [1.54, 1.807) is 7.11 Å². The quantitative estimate of drug-likeness (QED) is 0.456. The average molecular weight is 263 g/mol. The molecule has 1 aromatic carbocycles. The molecule has 0 fully saturated rings. The summed E-state index contributed by atoms with van der Waals surface area (Å²) in [5, 5.41) is 7.20. The number of nitrogens with one attached hydrogen (secondary N) is 1. The lowest BCUT2D eigenvalue weighted by Crippen LogP contribution is -2.23. The summed E-state index contributed by atoms with van der Waals surface area (Å²) in [6.45, 7) is 0.321. The Hall–Kier alpha value is -2.37. The lowest BCUT2D eigenvalue weighted by molar-refractivity contribution is -0.132. The van der Waals surface area contributed by atoms with Crippen LogP contribution < -0.4 is 10.5 Å². The third-order valence-electron chi connectivity index (χ3n) is 2.39. The first-order chi connectivity index (χ1) is 9.06. The van der Waals surface area contributed by atoms with Crippen LogP contribution in [-0.2, 0) is 16.1 Å². The molecule has 102 valence electrons. The number of carbonyl (C=O) groups is 1. The summed E-state index contributed by atoms with van der Waals surface area (Å²) in [6.07, 6.45) is -0.0111. The van der Waals surface area contributed by atoms with Crippen molar-refractivity contribution in [3.63, 3.8) is 0 Å². The average Bonchev–Trinajstić information content (AvgIpc) is 2.42. The number of rotatable bonds is 6. The maximum atomic E-state index is 11.4. The first kappa shape index (κ1) is 14.7. The van der Waals surface area contributed by atoms with Gasteiger partial charge >= 0.3 is 5.97 Å². The molecule has 6 nitrogen and oxygen atoms in total. The second-order valence-electron chi connectivity index (χ2n) is 3.80. The molecule has 1 rings (SSSR count). The number of methoxy groups -OCH3 is 2. The summed E-state index contributed by atoms with van der Waals surface area (Å²) in [5.74, 6) is 0.0623. The van der Waals surface area contributed by atoms with Gasteiger partial charge in [0, 0.05) is 0 Å². The molecule has 0 saturated heterocycles. The second kappa shape index (κ2) is 7.15. The highest BCUT2D eigenvalue weighted by atomic mass is 16.5. The van der Waals surface area contributed by atoms with Gasteiger partial charge in [0.1, 0.15) is 11.5 Å². The summed E-state index contributed by atoms with van der Waals surface area (Å²) in [4.78, 5) is 15.6. The summed E-state index contributed by atoms with van der Waals surface area (Å²) in [7, 11) is 2.86. The fraction of sp³-hybridized carbons (Fsp3) is 0.308. The summed E-state index contributed by atoms with van der Waals surface area (Å²) >= 11 is 0. The number of hydrogen-bond donors (Lipinski definition) is 2. The molecule has 6 heteroatoms. The van der Waals surface area contributed by atoms with Gasteiger partial charge < -0.3 is 15.2 Å². The van der Waals surface area contributed by atoms with Crippen LogP contribution in [0, 0.1) is 5.41 Å². The van der Waals surface area contributed by atoms with E-state index in [1.807, 2.05) is 24.3 Å². The molecule has 0 heterocycles. The van der Waals surface area contributed by atoms with Gasteiger partial charge in [-0.1, -0.05) is 12.1 Å². The third-order valence-corrected chi connectivity index (χ3v) is 2.39. The minimum absolute atomic E-state index is 0.0111. The lowest BCUT2D eigenvalue weighted by Gasteiger charge is -2.04. The van der Waals surface area contributed by atoms with Crippen molar-refractivity contribution in [1.82, 2.24) is 0 Å². The molecule has 0 aliphatic carbocycles.